The molecule has 1 amide bonds. The predicted octanol–water partition coefficient (Wildman–Crippen LogP) is 1.91. The van der Waals surface area contributed by atoms with Crippen molar-refractivity contribution < 1.29 is 14.3 Å². The summed E-state index contributed by atoms with van der Waals surface area (Å²) in [4.78, 5) is 17.0. The van der Waals surface area contributed by atoms with Gasteiger partial charge in [-0.3, -0.25) is 4.79 Å². The highest BCUT2D eigenvalue weighted by Crippen LogP contribution is 2.22. The summed E-state index contributed by atoms with van der Waals surface area (Å²) >= 11 is 0. The number of likely N-dealkylation sites (tertiary alicyclic amines) is 2. The molecule has 0 spiro atoms. The summed E-state index contributed by atoms with van der Waals surface area (Å²) in [7, 11) is 1.73. The van der Waals surface area contributed by atoms with Crippen LogP contribution in [0.15, 0.2) is 30.3 Å². The van der Waals surface area contributed by atoms with Crippen LogP contribution in [-0.2, 0) is 20.9 Å². The zero-order valence-corrected chi connectivity index (χ0v) is 14.5. The molecule has 5 heteroatoms. The molecule has 2 atom stereocenters. The zero-order chi connectivity index (χ0) is 16.8. The fraction of sp³-hybridized carbons (Fsp3) is 0.632. The predicted molar refractivity (Wildman–Crippen MR) is 92.7 cm³/mol. The quantitative estimate of drug-likeness (QED) is 0.765. The Labute approximate surface area is 144 Å². The van der Waals surface area contributed by atoms with Gasteiger partial charge in [0.1, 0.15) is 6.61 Å². The van der Waals surface area contributed by atoms with Gasteiger partial charge in [0.05, 0.1) is 12.7 Å². The van der Waals surface area contributed by atoms with Gasteiger partial charge in [0, 0.05) is 26.2 Å². The molecule has 0 unspecified atom stereocenters. The molecule has 2 fully saturated rings. The number of methoxy groups -OCH3 is 1. The lowest BCUT2D eigenvalue weighted by molar-refractivity contribution is -0.138. The van der Waals surface area contributed by atoms with E-state index >= 15 is 0 Å². The van der Waals surface area contributed by atoms with Crippen molar-refractivity contribution in [2.75, 3.05) is 39.9 Å². The third-order valence-corrected chi connectivity index (χ3v) is 5.03. The first-order valence-corrected chi connectivity index (χ1v) is 8.92. The lowest BCUT2D eigenvalue weighted by Crippen LogP contribution is -2.44. The van der Waals surface area contributed by atoms with E-state index in [0.717, 1.165) is 31.6 Å². The number of carbonyl (C=O) groups excluding carboxylic acids is 1. The SMILES string of the molecule is CO[C@H]1C[C@@H](CN2CCCC2)N(C(=O)COCc2ccccc2)C1. The third kappa shape index (κ3) is 4.56. The fourth-order valence-corrected chi connectivity index (χ4v) is 3.70. The summed E-state index contributed by atoms with van der Waals surface area (Å²) in [6.45, 7) is 4.57. The molecule has 0 saturated carbocycles. The molecule has 0 aliphatic carbocycles. The largest absolute Gasteiger partial charge is 0.380 e. The number of nitrogens with zero attached hydrogens (tertiary/aromatic N) is 2. The van der Waals surface area contributed by atoms with Crippen LogP contribution in [0.4, 0.5) is 0 Å². The molecule has 3 rings (SSSR count). The van der Waals surface area contributed by atoms with E-state index < -0.39 is 0 Å². The maximum Gasteiger partial charge on any atom is 0.248 e. The van der Waals surface area contributed by atoms with Gasteiger partial charge in [0.25, 0.3) is 0 Å². The molecule has 2 heterocycles. The first-order valence-electron chi connectivity index (χ1n) is 8.92. The molecule has 5 nitrogen and oxygen atoms in total. The van der Waals surface area contributed by atoms with Gasteiger partial charge in [-0.15, -0.1) is 0 Å². The van der Waals surface area contributed by atoms with Crippen molar-refractivity contribution in [1.29, 1.82) is 0 Å². The molecule has 2 aliphatic rings. The van der Waals surface area contributed by atoms with Crippen LogP contribution in [0, 0.1) is 0 Å². The lowest BCUT2D eigenvalue weighted by Gasteiger charge is -2.28. The second-order valence-corrected chi connectivity index (χ2v) is 6.78. The van der Waals surface area contributed by atoms with Crippen LogP contribution in [0.2, 0.25) is 0 Å². The molecule has 2 saturated heterocycles. The van der Waals surface area contributed by atoms with Crippen molar-refractivity contribution in [2.24, 2.45) is 0 Å². The Morgan fingerprint density at radius 3 is 2.67 bits per heavy atom. The second kappa shape index (κ2) is 8.60. The monoisotopic (exact) mass is 332 g/mol. The van der Waals surface area contributed by atoms with Crippen LogP contribution in [-0.4, -0.2) is 67.7 Å². The van der Waals surface area contributed by atoms with Crippen LogP contribution in [0.1, 0.15) is 24.8 Å². The van der Waals surface area contributed by atoms with Crippen molar-refractivity contribution in [3.63, 3.8) is 0 Å². The Kier molecular flexibility index (Phi) is 6.24. The minimum atomic E-state index is 0.0784. The molecule has 0 N–H and O–H groups in total. The van der Waals surface area contributed by atoms with E-state index in [0.29, 0.717) is 13.2 Å². The van der Waals surface area contributed by atoms with Gasteiger partial charge >= 0.3 is 0 Å². The highest BCUT2D eigenvalue weighted by molar-refractivity contribution is 5.78. The van der Waals surface area contributed by atoms with Crippen molar-refractivity contribution in [3.05, 3.63) is 35.9 Å². The first kappa shape index (κ1) is 17.4. The summed E-state index contributed by atoms with van der Waals surface area (Å²) in [5, 5.41) is 0. The van der Waals surface area contributed by atoms with Gasteiger partial charge in [-0.2, -0.15) is 0 Å². The van der Waals surface area contributed by atoms with Gasteiger partial charge in [-0.05, 0) is 37.9 Å². The van der Waals surface area contributed by atoms with Gasteiger partial charge < -0.3 is 19.3 Å². The fourth-order valence-electron chi connectivity index (χ4n) is 3.70. The molecule has 2 aliphatic heterocycles. The molecular weight excluding hydrogens is 304 g/mol. The van der Waals surface area contributed by atoms with Crippen LogP contribution in [0.3, 0.4) is 0 Å². The van der Waals surface area contributed by atoms with Crippen molar-refractivity contribution >= 4 is 5.91 Å². The summed E-state index contributed by atoms with van der Waals surface area (Å²) < 4.78 is 11.1. The number of hydrogen-bond donors (Lipinski definition) is 0. The molecule has 0 radical (unpaired) electrons. The highest BCUT2D eigenvalue weighted by Gasteiger charge is 2.36. The van der Waals surface area contributed by atoms with Gasteiger partial charge in [-0.25, -0.2) is 0 Å². The minimum absolute atomic E-state index is 0.0784. The van der Waals surface area contributed by atoms with Crippen molar-refractivity contribution in [1.82, 2.24) is 9.80 Å². The molecule has 1 aromatic rings. The number of amides is 1. The third-order valence-electron chi connectivity index (χ3n) is 5.03. The topological polar surface area (TPSA) is 42.0 Å². The summed E-state index contributed by atoms with van der Waals surface area (Å²) in [5.41, 5.74) is 1.09. The number of hydrogen-bond acceptors (Lipinski definition) is 4. The average molecular weight is 332 g/mol. The number of ether oxygens (including phenoxy) is 2. The van der Waals surface area contributed by atoms with E-state index in [9.17, 15) is 4.79 Å². The van der Waals surface area contributed by atoms with E-state index in [2.05, 4.69) is 4.90 Å². The standard InChI is InChI=1S/C19H28N2O3/c1-23-18-11-17(12-20-9-5-6-10-20)21(13-18)19(22)15-24-14-16-7-3-2-4-8-16/h2-4,7-8,17-18H,5-6,9-15H2,1H3/t17-,18-/m0/s1. The van der Waals surface area contributed by atoms with Crippen LogP contribution in [0.5, 0.6) is 0 Å². The maximum absolute atomic E-state index is 12.6. The molecule has 1 aromatic carbocycles. The second-order valence-electron chi connectivity index (χ2n) is 6.78. The summed E-state index contributed by atoms with van der Waals surface area (Å²) in [6.07, 6.45) is 3.62. The average Bonchev–Trinajstić information content (AvgIpc) is 3.26. The van der Waals surface area contributed by atoms with Crippen LogP contribution < -0.4 is 0 Å². The Hall–Kier alpha value is -1.43. The molecule has 0 aromatic heterocycles. The van der Waals surface area contributed by atoms with Crippen LogP contribution >= 0.6 is 0 Å². The van der Waals surface area contributed by atoms with E-state index in [1.165, 1.54) is 12.8 Å². The van der Waals surface area contributed by atoms with Crippen molar-refractivity contribution in [2.45, 2.75) is 38.0 Å². The first-order chi connectivity index (χ1) is 11.8. The summed E-state index contributed by atoms with van der Waals surface area (Å²) in [6, 6.07) is 10.2. The smallest absolute Gasteiger partial charge is 0.248 e. The lowest BCUT2D eigenvalue weighted by atomic mass is 10.2. The normalized spacial score (nSPS) is 24.6. The zero-order valence-electron chi connectivity index (χ0n) is 14.5. The number of benzene rings is 1. The van der Waals surface area contributed by atoms with Gasteiger partial charge in [0.2, 0.25) is 5.91 Å². The highest BCUT2D eigenvalue weighted by atomic mass is 16.5. The van der Waals surface area contributed by atoms with E-state index in [1.54, 1.807) is 7.11 Å². The summed E-state index contributed by atoms with van der Waals surface area (Å²) in [5.74, 6) is 0.0784. The molecule has 0 bridgehead atoms. The Morgan fingerprint density at radius 2 is 1.96 bits per heavy atom. The van der Waals surface area contributed by atoms with Gasteiger partial charge in [-0.1, -0.05) is 30.3 Å². The van der Waals surface area contributed by atoms with E-state index in [1.807, 2.05) is 35.2 Å². The van der Waals surface area contributed by atoms with Crippen molar-refractivity contribution in [3.8, 4) is 0 Å². The minimum Gasteiger partial charge on any atom is -0.380 e. The molecular formula is C19H28N2O3. The number of rotatable bonds is 7. The Bertz CT molecular complexity index is 517. The van der Waals surface area contributed by atoms with Gasteiger partial charge in [0.15, 0.2) is 0 Å². The maximum atomic E-state index is 12.6. The van der Waals surface area contributed by atoms with Crippen LogP contribution in [0.25, 0.3) is 0 Å². The number of carbonyl (C=O) groups is 1. The Morgan fingerprint density at radius 1 is 1.21 bits per heavy atom. The Balaban J connectivity index is 1.50. The van der Waals surface area contributed by atoms with E-state index in [4.69, 9.17) is 9.47 Å². The molecule has 24 heavy (non-hydrogen) atoms. The van der Waals surface area contributed by atoms with E-state index in [-0.39, 0.29) is 24.7 Å². The molecule has 132 valence electrons.